The number of hydrogen-bond donors (Lipinski definition) is 1. The van der Waals surface area contributed by atoms with E-state index in [0.29, 0.717) is 22.3 Å². The molecule has 0 aliphatic heterocycles. The number of hydrogen-bond acceptors (Lipinski definition) is 3. The first-order valence-corrected chi connectivity index (χ1v) is 8.20. The van der Waals surface area contributed by atoms with Crippen LogP contribution in [0.1, 0.15) is 11.1 Å². The van der Waals surface area contributed by atoms with E-state index >= 15 is 0 Å². The van der Waals surface area contributed by atoms with Gasteiger partial charge in [0.15, 0.2) is 0 Å². The Kier molecular flexibility index (Phi) is 5.21. The highest BCUT2D eigenvalue weighted by molar-refractivity contribution is 6.35. The van der Waals surface area contributed by atoms with Gasteiger partial charge in [-0.05, 0) is 18.2 Å². The van der Waals surface area contributed by atoms with Gasteiger partial charge >= 0.3 is 0 Å². The molecule has 1 aromatic carbocycles. The number of rotatable bonds is 5. The zero-order valence-corrected chi connectivity index (χ0v) is 14.9. The summed E-state index contributed by atoms with van der Waals surface area (Å²) in [5.74, 6) is -0.251. The van der Waals surface area contributed by atoms with Gasteiger partial charge in [-0.1, -0.05) is 29.3 Å². The predicted molar refractivity (Wildman–Crippen MR) is 98.7 cm³/mol. The Bertz CT molecular complexity index is 909. The van der Waals surface area contributed by atoms with E-state index in [-0.39, 0.29) is 5.91 Å². The summed E-state index contributed by atoms with van der Waals surface area (Å²) < 4.78 is 3.33. The third kappa shape index (κ3) is 4.49. The van der Waals surface area contributed by atoms with E-state index in [1.165, 1.54) is 6.08 Å². The highest BCUT2D eigenvalue weighted by atomic mass is 35.5. The van der Waals surface area contributed by atoms with Gasteiger partial charge in [-0.25, -0.2) is 0 Å². The summed E-state index contributed by atoms with van der Waals surface area (Å²) in [5.41, 5.74) is 2.22. The third-order valence-electron chi connectivity index (χ3n) is 3.43. The highest BCUT2D eigenvalue weighted by Crippen LogP contribution is 2.25. The lowest BCUT2D eigenvalue weighted by molar-refractivity contribution is -0.111. The molecule has 128 valence electrons. The van der Waals surface area contributed by atoms with Crippen molar-refractivity contribution in [1.29, 1.82) is 0 Å². The first-order valence-electron chi connectivity index (χ1n) is 7.44. The van der Waals surface area contributed by atoms with Crippen molar-refractivity contribution >= 4 is 40.9 Å². The van der Waals surface area contributed by atoms with E-state index < -0.39 is 0 Å². The van der Waals surface area contributed by atoms with Crippen LogP contribution in [0.15, 0.2) is 49.1 Å². The topological polar surface area (TPSA) is 64.7 Å². The monoisotopic (exact) mass is 375 g/mol. The van der Waals surface area contributed by atoms with Crippen molar-refractivity contribution < 1.29 is 4.79 Å². The number of aromatic nitrogens is 4. The zero-order valence-electron chi connectivity index (χ0n) is 13.4. The van der Waals surface area contributed by atoms with Crippen molar-refractivity contribution in [3.05, 3.63) is 70.2 Å². The molecular formula is C17H15Cl2N5O. The van der Waals surface area contributed by atoms with Gasteiger partial charge < -0.3 is 5.32 Å². The molecule has 0 aliphatic carbocycles. The maximum absolute atomic E-state index is 12.0. The summed E-state index contributed by atoms with van der Waals surface area (Å²) in [6.45, 7) is 0.417. The normalized spacial score (nSPS) is 11.2. The average molecular weight is 376 g/mol. The minimum Gasteiger partial charge on any atom is -0.320 e. The standard InChI is InChI=1S/C17H15Cl2N5O/c1-23-9-12(7-20-23)5-6-17(25)22-13-8-21-24(10-13)11-14-15(18)3-2-4-16(14)19/h2-10H,11H2,1H3,(H,22,25). The molecule has 0 aliphatic rings. The maximum Gasteiger partial charge on any atom is 0.248 e. The average Bonchev–Trinajstić information content (AvgIpc) is 3.18. The fourth-order valence-corrected chi connectivity index (χ4v) is 2.76. The number of nitrogens with one attached hydrogen (secondary N) is 1. The summed E-state index contributed by atoms with van der Waals surface area (Å²) in [4.78, 5) is 12.0. The quantitative estimate of drug-likeness (QED) is 0.692. The second-order valence-electron chi connectivity index (χ2n) is 5.40. The third-order valence-corrected chi connectivity index (χ3v) is 4.14. The number of nitrogens with zero attached hydrogens (tertiary/aromatic N) is 4. The molecule has 1 amide bonds. The van der Waals surface area contributed by atoms with E-state index in [2.05, 4.69) is 15.5 Å². The molecule has 3 rings (SSSR count). The number of carbonyl (C=O) groups excluding carboxylic acids is 1. The molecule has 3 aromatic rings. The van der Waals surface area contributed by atoms with E-state index in [0.717, 1.165) is 11.1 Å². The second-order valence-corrected chi connectivity index (χ2v) is 6.21. The van der Waals surface area contributed by atoms with Crippen molar-refractivity contribution in [1.82, 2.24) is 19.6 Å². The Labute approximate surface area is 154 Å². The van der Waals surface area contributed by atoms with Gasteiger partial charge in [0.05, 0.1) is 24.6 Å². The molecule has 0 fully saturated rings. The van der Waals surface area contributed by atoms with Crippen molar-refractivity contribution in [2.45, 2.75) is 6.54 Å². The van der Waals surface area contributed by atoms with Crippen LogP contribution in [0.3, 0.4) is 0 Å². The summed E-state index contributed by atoms with van der Waals surface area (Å²) in [6.07, 6.45) is 9.91. The number of carbonyl (C=O) groups is 1. The van der Waals surface area contributed by atoms with Crippen LogP contribution < -0.4 is 5.32 Å². The molecule has 0 spiro atoms. The highest BCUT2D eigenvalue weighted by Gasteiger charge is 2.08. The van der Waals surface area contributed by atoms with Crippen LogP contribution in [0.2, 0.25) is 10.0 Å². The fraction of sp³-hybridized carbons (Fsp3) is 0.118. The Balaban J connectivity index is 1.63. The Morgan fingerprint density at radius 1 is 1.20 bits per heavy atom. The van der Waals surface area contributed by atoms with Crippen molar-refractivity contribution in [3.63, 3.8) is 0 Å². The van der Waals surface area contributed by atoms with Crippen LogP contribution in [0.5, 0.6) is 0 Å². The molecule has 0 unspecified atom stereocenters. The summed E-state index contributed by atoms with van der Waals surface area (Å²) in [5, 5.41) is 12.2. The lowest BCUT2D eigenvalue weighted by Crippen LogP contribution is -2.07. The van der Waals surface area contributed by atoms with E-state index in [4.69, 9.17) is 23.2 Å². The van der Waals surface area contributed by atoms with Gasteiger partial charge in [0.25, 0.3) is 0 Å². The summed E-state index contributed by atoms with van der Waals surface area (Å²) in [7, 11) is 1.82. The zero-order chi connectivity index (χ0) is 17.8. The van der Waals surface area contributed by atoms with Gasteiger partial charge in [-0.3, -0.25) is 14.2 Å². The Morgan fingerprint density at radius 3 is 2.64 bits per heavy atom. The molecule has 0 bridgehead atoms. The minimum absolute atomic E-state index is 0.251. The number of amides is 1. The lowest BCUT2D eigenvalue weighted by atomic mass is 10.2. The van der Waals surface area contributed by atoms with E-state index in [9.17, 15) is 4.79 Å². The van der Waals surface area contributed by atoms with Crippen LogP contribution >= 0.6 is 23.2 Å². The van der Waals surface area contributed by atoms with Gasteiger partial charge in [-0.15, -0.1) is 0 Å². The molecule has 0 atom stereocenters. The maximum atomic E-state index is 12.0. The molecule has 0 saturated carbocycles. The van der Waals surface area contributed by atoms with Crippen molar-refractivity contribution in [2.24, 2.45) is 7.05 Å². The summed E-state index contributed by atoms with van der Waals surface area (Å²) in [6, 6.07) is 5.34. The molecule has 0 saturated heterocycles. The summed E-state index contributed by atoms with van der Waals surface area (Å²) >= 11 is 12.3. The molecule has 25 heavy (non-hydrogen) atoms. The fourth-order valence-electron chi connectivity index (χ4n) is 2.24. The first kappa shape index (κ1) is 17.3. The van der Waals surface area contributed by atoms with Crippen molar-refractivity contribution in [3.8, 4) is 0 Å². The van der Waals surface area contributed by atoms with Gasteiger partial charge in [0, 0.05) is 46.7 Å². The second kappa shape index (κ2) is 7.55. The smallest absolute Gasteiger partial charge is 0.248 e. The Morgan fingerprint density at radius 2 is 1.96 bits per heavy atom. The van der Waals surface area contributed by atoms with Crippen LogP contribution in [-0.4, -0.2) is 25.5 Å². The van der Waals surface area contributed by atoms with Gasteiger partial charge in [0.2, 0.25) is 5.91 Å². The molecule has 8 heteroatoms. The van der Waals surface area contributed by atoms with Crippen LogP contribution in [-0.2, 0) is 18.4 Å². The molecule has 2 heterocycles. The molecule has 0 radical (unpaired) electrons. The van der Waals surface area contributed by atoms with E-state index in [1.54, 1.807) is 52.2 Å². The number of benzene rings is 1. The minimum atomic E-state index is -0.251. The van der Waals surface area contributed by atoms with Gasteiger partial charge in [0.1, 0.15) is 0 Å². The largest absolute Gasteiger partial charge is 0.320 e. The molecule has 6 nitrogen and oxygen atoms in total. The Hall–Kier alpha value is -2.57. The van der Waals surface area contributed by atoms with Gasteiger partial charge in [-0.2, -0.15) is 10.2 Å². The van der Waals surface area contributed by atoms with Crippen LogP contribution in [0.25, 0.3) is 6.08 Å². The number of halogens is 2. The molecule has 2 aromatic heterocycles. The molecule has 1 N–H and O–H groups in total. The predicted octanol–water partition coefficient (Wildman–Crippen LogP) is 3.62. The van der Waals surface area contributed by atoms with Crippen molar-refractivity contribution in [2.75, 3.05) is 5.32 Å². The molecular weight excluding hydrogens is 361 g/mol. The first-order chi connectivity index (χ1) is 12.0. The van der Waals surface area contributed by atoms with Crippen LogP contribution in [0, 0.1) is 0 Å². The number of aryl methyl sites for hydroxylation is 1. The number of anilines is 1. The van der Waals surface area contributed by atoms with Crippen LogP contribution in [0.4, 0.5) is 5.69 Å². The SMILES string of the molecule is Cn1cc(C=CC(=O)Nc2cnn(Cc3c(Cl)cccc3Cl)c2)cn1. The lowest BCUT2D eigenvalue weighted by Gasteiger charge is -2.06. The van der Waals surface area contributed by atoms with E-state index in [1.807, 2.05) is 13.2 Å².